The largest absolute Gasteiger partial charge is 0.0867 e. The van der Waals surface area contributed by atoms with Gasteiger partial charge >= 0.3 is 0 Å². The predicted molar refractivity (Wildman–Crippen MR) is 126 cm³/mol. The molecule has 3 aliphatic carbocycles. The predicted octanol–water partition coefficient (Wildman–Crippen LogP) is 6.15. The van der Waals surface area contributed by atoms with Crippen LogP contribution in [0.25, 0.3) is 18.2 Å². The van der Waals surface area contributed by atoms with Crippen LogP contribution in [0.4, 0.5) is 0 Å². The molecule has 2 heteroatoms. The van der Waals surface area contributed by atoms with Gasteiger partial charge in [-0.15, -0.1) is 0 Å². The maximum Gasteiger partial charge on any atom is 0.0867 e. The number of benzene rings is 3. The van der Waals surface area contributed by atoms with Crippen LogP contribution in [0.15, 0.2) is 91.0 Å². The molecular weight excluding hydrogens is 375 g/mol. The van der Waals surface area contributed by atoms with Gasteiger partial charge in [0.15, 0.2) is 0 Å². The van der Waals surface area contributed by atoms with Crippen molar-refractivity contribution in [3.05, 3.63) is 124 Å². The normalized spacial score (nSPS) is 22.4. The quantitative estimate of drug-likeness (QED) is 0.466. The molecule has 3 unspecified atom stereocenters. The van der Waals surface area contributed by atoms with Crippen LogP contribution < -0.4 is 0 Å². The van der Waals surface area contributed by atoms with Crippen LogP contribution in [0.1, 0.15) is 50.0 Å². The number of fused-ring (bicyclic) bond motifs is 3. The first-order valence-corrected chi connectivity index (χ1v) is 11.8. The zero-order chi connectivity index (χ0) is 18.5. The van der Waals surface area contributed by atoms with Gasteiger partial charge in [0, 0.05) is 29.6 Å². The molecule has 0 aliphatic heterocycles. The second-order valence-electron chi connectivity index (χ2n) is 7.90. The van der Waals surface area contributed by atoms with Gasteiger partial charge in [0.1, 0.15) is 0 Å². The summed E-state index contributed by atoms with van der Waals surface area (Å²) >= 11 is 0. The summed E-state index contributed by atoms with van der Waals surface area (Å²) in [7, 11) is -0.874. The van der Waals surface area contributed by atoms with Crippen LogP contribution in [0, 0.1) is 0 Å². The standard InChI is InChI=1S/C27H21Si.Na/c1-4-10-22-19(7-1)13-16-25(22)28(26-17-14-20-8-2-5-11-23(20)26)27-18-15-21-9-3-6-12-24(21)27;/h1-18,25-27H;. The van der Waals surface area contributed by atoms with E-state index in [4.69, 9.17) is 0 Å². The molecule has 3 atom stereocenters. The Balaban J connectivity index is 0.00000181. The fourth-order valence-electron chi connectivity index (χ4n) is 5.20. The van der Waals surface area contributed by atoms with Crippen molar-refractivity contribution in [1.29, 1.82) is 0 Å². The molecule has 29 heavy (non-hydrogen) atoms. The minimum atomic E-state index is -0.874. The van der Waals surface area contributed by atoms with Crippen molar-refractivity contribution in [3.63, 3.8) is 0 Å². The Labute approximate surface area is 196 Å². The molecule has 6 rings (SSSR count). The zero-order valence-electron chi connectivity index (χ0n) is 16.6. The summed E-state index contributed by atoms with van der Waals surface area (Å²) < 4.78 is 0. The molecule has 0 heterocycles. The van der Waals surface area contributed by atoms with Crippen molar-refractivity contribution in [1.82, 2.24) is 0 Å². The van der Waals surface area contributed by atoms with E-state index >= 15 is 0 Å². The Hall–Kier alpha value is -1.90. The van der Waals surface area contributed by atoms with Crippen molar-refractivity contribution >= 4 is 56.6 Å². The SMILES string of the molecule is C1=CC([Si](C2C=Cc3ccccc32)C2C=Cc3ccccc32)c2ccccc21.[Na]. The topological polar surface area (TPSA) is 0 Å². The van der Waals surface area contributed by atoms with E-state index in [1.807, 2.05) is 0 Å². The molecule has 0 fully saturated rings. The van der Waals surface area contributed by atoms with Crippen molar-refractivity contribution in [2.75, 3.05) is 0 Å². The third-order valence-corrected chi connectivity index (χ3v) is 10.1. The van der Waals surface area contributed by atoms with Crippen molar-refractivity contribution in [2.24, 2.45) is 0 Å². The number of hydrogen-bond acceptors (Lipinski definition) is 0. The first kappa shape index (κ1) is 19.1. The second-order valence-corrected chi connectivity index (χ2v) is 10.8. The van der Waals surface area contributed by atoms with E-state index in [1.54, 1.807) is 0 Å². The second kappa shape index (κ2) is 7.74. The minimum Gasteiger partial charge on any atom is -0.0793 e. The Bertz CT molecular complexity index is 1010. The molecule has 0 N–H and O–H groups in total. The average molecular weight is 397 g/mol. The van der Waals surface area contributed by atoms with Gasteiger partial charge in [0.25, 0.3) is 0 Å². The van der Waals surface area contributed by atoms with Gasteiger partial charge in [0.2, 0.25) is 0 Å². The van der Waals surface area contributed by atoms with Crippen molar-refractivity contribution in [3.8, 4) is 0 Å². The van der Waals surface area contributed by atoms with E-state index in [9.17, 15) is 0 Å². The summed E-state index contributed by atoms with van der Waals surface area (Å²) in [6, 6.07) is 26.9. The third-order valence-electron chi connectivity index (χ3n) is 6.48. The summed E-state index contributed by atoms with van der Waals surface area (Å²) in [6.45, 7) is 0. The number of hydrogen-bond donors (Lipinski definition) is 0. The van der Waals surface area contributed by atoms with Gasteiger partial charge in [-0.2, -0.15) is 0 Å². The molecule has 2 radical (unpaired) electrons. The van der Waals surface area contributed by atoms with Gasteiger partial charge in [-0.05, 0) is 50.0 Å². The first-order valence-electron chi connectivity index (χ1n) is 10.1. The van der Waals surface area contributed by atoms with Crippen LogP contribution in [0.3, 0.4) is 0 Å². The van der Waals surface area contributed by atoms with E-state index in [0.717, 1.165) is 0 Å². The molecule has 0 amide bonds. The molecule has 134 valence electrons. The summed E-state index contributed by atoms with van der Waals surface area (Å²) in [5, 5.41) is 0. The van der Waals surface area contributed by atoms with E-state index in [0.29, 0.717) is 16.6 Å². The van der Waals surface area contributed by atoms with Gasteiger partial charge in [-0.25, -0.2) is 0 Å². The van der Waals surface area contributed by atoms with Crippen molar-refractivity contribution < 1.29 is 0 Å². The fourth-order valence-corrected chi connectivity index (χ4v) is 9.18. The van der Waals surface area contributed by atoms with E-state index in [2.05, 4.69) is 109 Å². The Morgan fingerprint density at radius 3 is 1.10 bits per heavy atom. The molecule has 3 aliphatic rings. The van der Waals surface area contributed by atoms with E-state index < -0.39 is 8.80 Å². The maximum atomic E-state index is 2.49. The fraction of sp³-hybridized carbons (Fsp3) is 0.111. The van der Waals surface area contributed by atoms with E-state index in [-0.39, 0.29) is 29.6 Å². The molecule has 0 saturated heterocycles. The molecular formula is C27H21NaSi. The first-order chi connectivity index (χ1) is 13.9. The molecule has 0 nitrogen and oxygen atoms in total. The summed E-state index contributed by atoms with van der Waals surface area (Å²) in [5.74, 6) is 0. The average Bonchev–Trinajstić information content (AvgIpc) is 3.47. The molecule has 0 saturated carbocycles. The van der Waals surface area contributed by atoms with Crippen LogP contribution in [0.2, 0.25) is 0 Å². The monoisotopic (exact) mass is 396 g/mol. The third kappa shape index (κ3) is 3.08. The Morgan fingerprint density at radius 2 is 0.759 bits per heavy atom. The molecule has 0 spiro atoms. The van der Waals surface area contributed by atoms with Crippen LogP contribution in [-0.4, -0.2) is 38.4 Å². The zero-order valence-corrected chi connectivity index (χ0v) is 19.6. The summed E-state index contributed by atoms with van der Waals surface area (Å²) in [6.07, 6.45) is 14.5. The Kier molecular flexibility index (Phi) is 5.09. The van der Waals surface area contributed by atoms with Crippen LogP contribution in [0.5, 0.6) is 0 Å². The summed E-state index contributed by atoms with van der Waals surface area (Å²) in [5.41, 5.74) is 10.4. The molecule has 0 bridgehead atoms. The van der Waals surface area contributed by atoms with Gasteiger partial charge in [-0.1, -0.05) is 109 Å². The molecule has 3 aromatic carbocycles. The maximum absolute atomic E-state index is 2.49. The van der Waals surface area contributed by atoms with Gasteiger partial charge in [0.05, 0.1) is 8.80 Å². The molecule has 0 aromatic heterocycles. The number of rotatable bonds is 3. The summed E-state index contributed by atoms with van der Waals surface area (Å²) in [4.78, 5) is 0. The molecule has 3 aromatic rings. The van der Waals surface area contributed by atoms with Gasteiger partial charge < -0.3 is 0 Å². The van der Waals surface area contributed by atoms with E-state index in [1.165, 1.54) is 33.4 Å². The van der Waals surface area contributed by atoms with Gasteiger partial charge in [-0.3, -0.25) is 0 Å². The minimum absolute atomic E-state index is 0. The van der Waals surface area contributed by atoms with Crippen LogP contribution >= 0.6 is 0 Å². The number of allylic oxidation sites excluding steroid dienone is 3. The van der Waals surface area contributed by atoms with Crippen LogP contribution in [-0.2, 0) is 0 Å². The smallest absolute Gasteiger partial charge is 0.0793 e. The van der Waals surface area contributed by atoms with Crippen molar-refractivity contribution in [2.45, 2.75) is 16.6 Å². The Morgan fingerprint density at radius 1 is 0.448 bits per heavy atom.